The molecular weight excluding hydrogens is 204 g/mol. The van der Waals surface area contributed by atoms with Crippen LogP contribution in [0.5, 0.6) is 0 Å². The van der Waals surface area contributed by atoms with Crippen molar-refractivity contribution in [3.63, 3.8) is 0 Å². The number of carbonyl (C=O) groups is 1. The van der Waals surface area contributed by atoms with Gasteiger partial charge in [-0.15, -0.1) is 0 Å². The Morgan fingerprint density at radius 2 is 2.31 bits per heavy atom. The topological polar surface area (TPSA) is 72.9 Å². The summed E-state index contributed by atoms with van der Waals surface area (Å²) in [6.45, 7) is 7.67. The van der Waals surface area contributed by atoms with E-state index >= 15 is 0 Å². The molecule has 1 aromatic heterocycles. The predicted molar refractivity (Wildman–Crippen MR) is 62.7 cm³/mol. The van der Waals surface area contributed by atoms with E-state index in [-0.39, 0.29) is 11.4 Å². The van der Waals surface area contributed by atoms with Gasteiger partial charge in [-0.1, -0.05) is 6.92 Å². The molecule has 0 radical (unpaired) electrons. The number of aromatic nitrogens is 2. The fourth-order valence-electron chi connectivity index (χ4n) is 1.76. The van der Waals surface area contributed by atoms with Gasteiger partial charge in [0.25, 0.3) is 0 Å². The molecule has 0 fully saturated rings. The summed E-state index contributed by atoms with van der Waals surface area (Å²) in [5.74, 6) is -0.298. The fourth-order valence-corrected chi connectivity index (χ4v) is 1.76. The Kier molecular flexibility index (Phi) is 4.06. The average molecular weight is 224 g/mol. The molecule has 3 N–H and O–H groups in total. The molecule has 1 heterocycles. The van der Waals surface area contributed by atoms with Crippen LogP contribution in [0.1, 0.15) is 32.9 Å². The van der Waals surface area contributed by atoms with Crippen LogP contribution in [0.15, 0.2) is 12.5 Å². The zero-order valence-electron chi connectivity index (χ0n) is 10.2. The summed E-state index contributed by atoms with van der Waals surface area (Å²) in [5, 5.41) is 3.24. The lowest BCUT2D eigenvalue weighted by Gasteiger charge is -2.27. The zero-order chi connectivity index (χ0) is 12.2. The van der Waals surface area contributed by atoms with Crippen molar-refractivity contribution < 1.29 is 4.79 Å². The van der Waals surface area contributed by atoms with Crippen molar-refractivity contribution in [1.29, 1.82) is 0 Å². The van der Waals surface area contributed by atoms with Crippen molar-refractivity contribution in [2.24, 2.45) is 5.73 Å². The number of hydrogen-bond donors (Lipinski definition) is 2. The maximum absolute atomic E-state index is 11.0. The van der Waals surface area contributed by atoms with Crippen LogP contribution in [-0.2, 0) is 16.9 Å². The molecule has 1 aromatic rings. The van der Waals surface area contributed by atoms with Gasteiger partial charge in [0.05, 0.1) is 12.0 Å². The normalized spacial score (nSPS) is 11.7. The largest absolute Gasteiger partial charge is 0.370 e. The number of nitrogens with zero attached hydrogens (tertiary/aromatic N) is 2. The Hall–Kier alpha value is -1.36. The first-order valence-corrected chi connectivity index (χ1v) is 5.48. The van der Waals surface area contributed by atoms with Gasteiger partial charge >= 0.3 is 0 Å². The molecular formula is C11H20N4O. The number of rotatable bonds is 6. The van der Waals surface area contributed by atoms with Crippen molar-refractivity contribution in [1.82, 2.24) is 14.9 Å². The third kappa shape index (κ3) is 3.06. The van der Waals surface area contributed by atoms with Gasteiger partial charge in [-0.05, 0) is 20.4 Å². The van der Waals surface area contributed by atoms with E-state index < -0.39 is 0 Å². The predicted octanol–water partition coefficient (Wildman–Crippen LogP) is 0.603. The summed E-state index contributed by atoms with van der Waals surface area (Å²) in [6.07, 6.45) is 3.86. The first-order valence-electron chi connectivity index (χ1n) is 5.48. The number of nitrogens with two attached hydrogens (primary N) is 1. The van der Waals surface area contributed by atoms with Crippen LogP contribution in [-0.4, -0.2) is 22.0 Å². The van der Waals surface area contributed by atoms with Crippen molar-refractivity contribution in [3.8, 4) is 0 Å². The zero-order valence-corrected chi connectivity index (χ0v) is 10.2. The second-order valence-electron chi connectivity index (χ2n) is 4.49. The lowest BCUT2D eigenvalue weighted by atomic mass is 9.99. The van der Waals surface area contributed by atoms with Crippen LogP contribution in [0.25, 0.3) is 0 Å². The Morgan fingerprint density at radius 3 is 2.88 bits per heavy atom. The molecule has 0 spiro atoms. The summed E-state index contributed by atoms with van der Waals surface area (Å²) in [6, 6.07) is 0. The molecule has 0 saturated carbocycles. The van der Waals surface area contributed by atoms with E-state index in [4.69, 9.17) is 5.73 Å². The van der Waals surface area contributed by atoms with Crippen LogP contribution in [0.2, 0.25) is 0 Å². The molecule has 0 aliphatic heterocycles. The molecule has 5 nitrogen and oxygen atoms in total. The number of amides is 1. The standard InChI is InChI=1S/C11H20N4O/c1-4-13-6-9-7-14-8-15(9)11(2,3)5-10(12)16/h7-8,13H,4-6H2,1-3H3,(H2,12,16). The Labute approximate surface area is 96.0 Å². The number of hydrogen-bond acceptors (Lipinski definition) is 3. The maximum Gasteiger partial charge on any atom is 0.219 e. The van der Waals surface area contributed by atoms with Crippen LogP contribution in [0.3, 0.4) is 0 Å². The highest BCUT2D eigenvalue weighted by Crippen LogP contribution is 2.21. The molecule has 0 aromatic carbocycles. The summed E-state index contributed by atoms with van der Waals surface area (Å²) in [7, 11) is 0. The van der Waals surface area contributed by atoms with Gasteiger partial charge in [0.15, 0.2) is 0 Å². The van der Waals surface area contributed by atoms with Gasteiger partial charge in [-0.25, -0.2) is 4.98 Å². The molecule has 0 aliphatic carbocycles. The Balaban J connectivity index is 2.85. The van der Waals surface area contributed by atoms with Gasteiger partial charge < -0.3 is 15.6 Å². The fraction of sp³-hybridized carbons (Fsp3) is 0.636. The molecule has 5 heteroatoms. The third-order valence-electron chi connectivity index (χ3n) is 2.53. The molecule has 0 aliphatic rings. The van der Waals surface area contributed by atoms with Crippen molar-refractivity contribution in [2.45, 2.75) is 39.3 Å². The summed E-state index contributed by atoms with van der Waals surface area (Å²) in [4.78, 5) is 15.1. The smallest absolute Gasteiger partial charge is 0.219 e. The van der Waals surface area contributed by atoms with Crippen molar-refractivity contribution >= 4 is 5.91 Å². The summed E-state index contributed by atoms with van der Waals surface area (Å²) < 4.78 is 2.00. The highest BCUT2D eigenvalue weighted by atomic mass is 16.1. The molecule has 1 amide bonds. The minimum absolute atomic E-state index is 0.298. The molecule has 90 valence electrons. The third-order valence-corrected chi connectivity index (χ3v) is 2.53. The van der Waals surface area contributed by atoms with Crippen LogP contribution in [0, 0.1) is 0 Å². The van der Waals surface area contributed by atoms with E-state index in [0.717, 1.165) is 18.8 Å². The monoisotopic (exact) mass is 224 g/mol. The molecule has 1 rings (SSSR count). The molecule has 0 saturated heterocycles. The highest BCUT2D eigenvalue weighted by Gasteiger charge is 2.24. The highest BCUT2D eigenvalue weighted by molar-refractivity contribution is 5.74. The number of primary amides is 1. The Morgan fingerprint density at radius 1 is 1.62 bits per heavy atom. The minimum atomic E-state index is -0.326. The summed E-state index contributed by atoms with van der Waals surface area (Å²) in [5.41, 5.74) is 5.98. The van der Waals surface area contributed by atoms with E-state index in [1.54, 1.807) is 6.33 Å². The van der Waals surface area contributed by atoms with Crippen LogP contribution >= 0.6 is 0 Å². The van der Waals surface area contributed by atoms with Crippen molar-refractivity contribution in [3.05, 3.63) is 18.2 Å². The quantitative estimate of drug-likeness (QED) is 0.743. The van der Waals surface area contributed by atoms with Gasteiger partial charge in [-0.3, -0.25) is 4.79 Å². The van der Waals surface area contributed by atoms with Gasteiger partial charge in [0.2, 0.25) is 5.91 Å². The number of carbonyl (C=O) groups excluding carboxylic acids is 1. The maximum atomic E-state index is 11.0. The van der Waals surface area contributed by atoms with Crippen molar-refractivity contribution in [2.75, 3.05) is 6.54 Å². The lowest BCUT2D eigenvalue weighted by Crippen LogP contribution is -2.33. The molecule has 0 bridgehead atoms. The van der Waals surface area contributed by atoms with E-state index in [0.29, 0.717) is 6.42 Å². The SMILES string of the molecule is CCNCc1cncn1C(C)(C)CC(N)=O. The minimum Gasteiger partial charge on any atom is -0.370 e. The average Bonchev–Trinajstić information content (AvgIpc) is 2.61. The first kappa shape index (κ1) is 12.7. The van der Waals surface area contributed by atoms with Crippen LogP contribution in [0.4, 0.5) is 0 Å². The van der Waals surface area contributed by atoms with Gasteiger partial charge in [-0.2, -0.15) is 0 Å². The number of imidazole rings is 1. The van der Waals surface area contributed by atoms with E-state index in [1.165, 1.54) is 0 Å². The van der Waals surface area contributed by atoms with Gasteiger partial charge in [0, 0.05) is 24.7 Å². The number of nitrogens with one attached hydrogen (secondary N) is 1. The molecule has 0 atom stereocenters. The lowest BCUT2D eigenvalue weighted by molar-refractivity contribution is -0.119. The Bertz CT molecular complexity index is 357. The summed E-state index contributed by atoms with van der Waals surface area (Å²) >= 11 is 0. The molecule has 0 unspecified atom stereocenters. The van der Waals surface area contributed by atoms with Crippen LogP contribution < -0.4 is 11.1 Å². The first-order chi connectivity index (χ1) is 7.47. The molecule has 16 heavy (non-hydrogen) atoms. The van der Waals surface area contributed by atoms with E-state index in [1.807, 2.05) is 24.6 Å². The van der Waals surface area contributed by atoms with E-state index in [9.17, 15) is 4.79 Å². The second-order valence-corrected chi connectivity index (χ2v) is 4.49. The van der Waals surface area contributed by atoms with E-state index in [2.05, 4.69) is 17.2 Å². The van der Waals surface area contributed by atoms with Gasteiger partial charge in [0.1, 0.15) is 0 Å². The second kappa shape index (κ2) is 5.12.